The first-order valence-corrected chi connectivity index (χ1v) is 7.67. The number of nitro groups is 1. The molecule has 0 aromatic heterocycles. The highest BCUT2D eigenvalue weighted by molar-refractivity contribution is 5.62. The second kappa shape index (κ2) is 9.07. The van der Waals surface area contributed by atoms with Crippen LogP contribution in [0.5, 0.6) is 11.5 Å². The van der Waals surface area contributed by atoms with Crippen LogP contribution in [0.3, 0.4) is 0 Å². The summed E-state index contributed by atoms with van der Waals surface area (Å²) in [5.41, 5.74) is 1.90. The third kappa shape index (κ3) is 4.76. The number of unbranched alkanes of at least 4 members (excludes halogenated alkanes) is 2. The summed E-state index contributed by atoms with van der Waals surface area (Å²) in [6.07, 6.45) is 6.22. The van der Waals surface area contributed by atoms with Gasteiger partial charge in [-0.05, 0) is 30.5 Å². The molecule has 1 rings (SSSR count). The van der Waals surface area contributed by atoms with Crippen molar-refractivity contribution in [3.63, 3.8) is 0 Å². The minimum atomic E-state index is -0.360. The molecule has 0 fully saturated rings. The van der Waals surface area contributed by atoms with Gasteiger partial charge in [0.2, 0.25) is 5.70 Å². The number of nitrogens with zero attached hydrogens (tertiary/aromatic N) is 1. The Hall–Kier alpha value is -2.04. The molecule has 5 nitrogen and oxygen atoms in total. The van der Waals surface area contributed by atoms with Crippen molar-refractivity contribution < 1.29 is 14.4 Å². The van der Waals surface area contributed by atoms with Crippen LogP contribution in [0.4, 0.5) is 0 Å². The molecule has 22 heavy (non-hydrogen) atoms. The number of aryl methyl sites for hydroxylation is 1. The van der Waals surface area contributed by atoms with E-state index in [1.54, 1.807) is 27.2 Å². The average molecular weight is 307 g/mol. The lowest BCUT2D eigenvalue weighted by Gasteiger charge is -2.13. The zero-order valence-corrected chi connectivity index (χ0v) is 13.8. The maximum atomic E-state index is 11.0. The molecule has 0 aliphatic carbocycles. The molecule has 0 aliphatic heterocycles. The summed E-state index contributed by atoms with van der Waals surface area (Å²) < 4.78 is 10.8. The van der Waals surface area contributed by atoms with Crippen LogP contribution >= 0.6 is 0 Å². The highest BCUT2D eigenvalue weighted by Gasteiger charge is 2.14. The fourth-order valence-corrected chi connectivity index (χ4v) is 2.32. The van der Waals surface area contributed by atoms with E-state index in [2.05, 4.69) is 6.92 Å². The zero-order chi connectivity index (χ0) is 16.5. The summed E-state index contributed by atoms with van der Waals surface area (Å²) in [4.78, 5) is 10.6. The van der Waals surface area contributed by atoms with Crippen molar-refractivity contribution in [3.8, 4) is 11.5 Å². The summed E-state index contributed by atoms with van der Waals surface area (Å²) >= 11 is 0. The number of ether oxygens (including phenoxy) is 2. The number of hydrogen-bond donors (Lipinski definition) is 0. The Bertz CT molecular complexity index is 538. The van der Waals surface area contributed by atoms with E-state index < -0.39 is 0 Å². The Morgan fingerprint density at radius 3 is 2.36 bits per heavy atom. The lowest BCUT2D eigenvalue weighted by molar-refractivity contribution is -0.425. The SMILES string of the molecule is CCCCCc1cc(OC)c(C=C(CC)[N+](=O)[O-])cc1OC. The zero-order valence-electron chi connectivity index (χ0n) is 13.8. The predicted molar refractivity (Wildman–Crippen MR) is 88.0 cm³/mol. The largest absolute Gasteiger partial charge is 0.496 e. The molecule has 1 aromatic carbocycles. The first-order chi connectivity index (χ1) is 10.6. The van der Waals surface area contributed by atoms with E-state index in [0.29, 0.717) is 17.7 Å². The third-order valence-electron chi connectivity index (χ3n) is 3.60. The second-order valence-electron chi connectivity index (χ2n) is 5.11. The highest BCUT2D eigenvalue weighted by atomic mass is 16.6. The van der Waals surface area contributed by atoms with E-state index in [1.165, 1.54) is 0 Å². The summed E-state index contributed by atoms with van der Waals surface area (Å²) in [5.74, 6) is 1.39. The van der Waals surface area contributed by atoms with Crippen molar-refractivity contribution >= 4 is 6.08 Å². The van der Waals surface area contributed by atoms with Crippen LogP contribution in [0.2, 0.25) is 0 Å². The number of hydrogen-bond acceptors (Lipinski definition) is 4. The van der Waals surface area contributed by atoms with Crippen LogP contribution < -0.4 is 9.47 Å². The molecule has 0 aliphatic rings. The van der Waals surface area contributed by atoms with Gasteiger partial charge in [0.05, 0.1) is 19.1 Å². The van der Waals surface area contributed by atoms with Gasteiger partial charge in [-0.1, -0.05) is 26.7 Å². The van der Waals surface area contributed by atoms with Crippen LogP contribution in [0.15, 0.2) is 17.8 Å². The van der Waals surface area contributed by atoms with E-state index in [0.717, 1.165) is 37.0 Å². The van der Waals surface area contributed by atoms with Crippen LogP contribution in [0, 0.1) is 10.1 Å². The predicted octanol–water partition coefficient (Wildman–Crippen LogP) is 4.46. The molecule has 0 bridgehead atoms. The molecule has 0 unspecified atom stereocenters. The molecule has 0 spiro atoms. The Kier molecular flexibility index (Phi) is 7.43. The molecular weight excluding hydrogens is 282 g/mol. The van der Waals surface area contributed by atoms with E-state index >= 15 is 0 Å². The number of benzene rings is 1. The molecule has 5 heteroatoms. The highest BCUT2D eigenvalue weighted by Crippen LogP contribution is 2.32. The lowest BCUT2D eigenvalue weighted by atomic mass is 10.0. The third-order valence-corrected chi connectivity index (χ3v) is 3.60. The van der Waals surface area contributed by atoms with E-state index in [1.807, 2.05) is 12.1 Å². The normalized spacial score (nSPS) is 11.4. The van der Waals surface area contributed by atoms with Crippen molar-refractivity contribution in [2.75, 3.05) is 14.2 Å². The number of allylic oxidation sites excluding steroid dienone is 1. The topological polar surface area (TPSA) is 61.6 Å². The quantitative estimate of drug-likeness (QED) is 0.384. The Morgan fingerprint density at radius 1 is 1.18 bits per heavy atom. The minimum absolute atomic E-state index is 0.152. The first-order valence-electron chi connectivity index (χ1n) is 7.67. The Morgan fingerprint density at radius 2 is 1.86 bits per heavy atom. The molecule has 0 saturated heterocycles. The van der Waals surface area contributed by atoms with Gasteiger partial charge < -0.3 is 9.47 Å². The van der Waals surface area contributed by atoms with E-state index in [-0.39, 0.29) is 10.6 Å². The molecule has 0 atom stereocenters. The lowest BCUT2D eigenvalue weighted by Crippen LogP contribution is -2.00. The van der Waals surface area contributed by atoms with Gasteiger partial charge in [-0.15, -0.1) is 0 Å². The Balaban J connectivity index is 3.21. The smallest absolute Gasteiger partial charge is 0.246 e. The second-order valence-corrected chi connectivity index (χ2v) is 5.11. The van der Waals surface area contributed by atoms with Crippen LogP contribution in [0.25, 0.3) is 6.08 Å². The fourth-order valence-electron chi connectivity index (χ4n) is 2.32. The molecule has 0 N–H and O–H groups in total. The monoisotopic (exact) mass is 307 g/mol. The van der Waals surface area contributed by atoms with Crippen molar-refractivity contribution in [2.24, 2.45) is 0 Å². The fraction of sp³-hybridized carbons (Fsp3) is 0.529. The molecule has 0 amide bonds. The molecular formula is C17H25NO4. The van der Waals surface area contributed by atoms with Gasteiger partial charge in [-0.25, -0.2) is 0 Å². The summed E-state index contributed by atoms with van der Waals surface area (Å²) in [5, 5.41) is 11.0. The molecule has 122 valence electrons. The Labute approximate surface area is 132 Å². The summed E-state index contributed by atoms with van der Waals surface area (Å²) in [6.45, 7) is 3.92. The molecule has 1 aromatic rings. The van der Waals surface area contributed by atoms with Gasteiger partial charge >= 0.3 is 0 Å². The molecule has 0 saturated carbocycles. The maximum absolute atomic E-state index is 11.0. The van der Waals surface area contributed by atoms with Crippen molar-refractivity contribution in [1.82, 2.24) is 0 Å². The van der Waals surface area contributed by atoms with Crippen LogP contribution in [0.1, 0.15) is 50.7 Å². The maximum Gasteiger partial charge on any atom is 0.246 e. The first kappa shape index (κ1) is 18.0. The minimum Gasteiger partial charge on any atom is -0.496 e. The van der Waals surface area contributed by atoms with Gasteiger partial charge in [0.15, 0.2) is 0 Å². The van der Waals surface area contributed by atoms with Gasteiger partial charge in [0.25, 0.3) is 0 Å². The van der Waals surface area contributed by atoms with Gasteiger partial charge in [-0.3, -0.25) is 10.1 Å². The van der Waals surface area contributed by atoms with Crippen molar-refractivity contribution in [3.05, 3.63) is 39.1 Å². The van der Waals surface area contributed by atoms with Crippen molar-refractivity contribution in [1.29, 1.82) is 0 Å². The van der Waals surface area contributed by atoms with Crippen LogP contribution in [-0.2, 0) is 6.42 Å². The molecule has 0 heterocycles. The van der Waals surface area contributed by atoms with Gasteiger partial charge in [-0.2, -0.15) is 0 Å². The molecule has 0 radical (unpaired) electrons. The van der Waals surface area contributed by atoms with Crippen LogP contribution in [-0.4, -0.2) is 19.1 Å². The van der Waals surface area contributed by atoms with Gasteiger partial charge in [0, 0.05) is 18.1 Å². The van der Waals surface area contributed by atoms with E-state index in [9.17, 15) is 10.1 Å². The standard InChI is InChI=1S/C17H25NO4/c1-5-7-8-9-13-11-17(22-4)14(12-16(13)21-3)10-15(6-2)18(19)20/h10-12H,5-9H2,1-4H3. The summed E-state index contributed by atoms with van der Waals surface area (Å²) in [7, 11) is 3.19. The van der Waals surface area contributed by atoms with E-state index in [4.69, 9.17) is 9.47 Å². The van der Waals surface area contributed by atoms with Gasteiger partial charge in [0.1, 0.15) is 11.5 Å². The van der Waals surface area contributed by atoms with Crippen molar-refractivity contribution in [2.45, 2.75) is 46.0 Å². The number of rotatable bonds is 9. The number of methoxy groups -OCH3 is 2. The average Bonchev–Trinajstić information content (AvgIpc) is 2.52. The summed E-state index contributed by atoms with van der Waals surface area (Å²) in [6, 6.07) is 3.74.